The largest absolute Gasteiger partial charge is 0.447 e. The average Bonchev–Trinajstić information content (AvgIpc) is 2.97. The Labute approximate surface area is 134 Å². The summed E-state index contributed by atoms with van der Waals surface area (Å²) in [6.45, 7) is 5.99. The van der Waals surface area contributed by atoms with Crippen molar-refractivity contribution in [2.75, 3.05) is 16.8 Å². The molecule has 120 valence electrons. The number of fused-ring (bicyclic) bond motifs is 1. The summed E-state index contributed by atoms with van der Waals surface area (Å²) in [6.07, 6.45) is 1.29. The minimum atomic E-state index is -0.319. The number of rotatable bonds is 2. The van der Waals surface area contributed by atoms with E-state index in [-0.39, 0.29) is 23.7 Å². The van der Waals surface area contributed by atoms with Crippen LogP contribution < -0.4 is 10.2 Å². The molecule has 23 heavy (non-hydrogen) atoms. The van der Waals surface area contributed by atoms with Gasteiger partial charge in [-0.25, -0.2) is 4.98 Å². The molecule has 2 amide bonds. The topological polar surface area (TPSA) is 75.4 Å². The van der Waals surface area contributed by atoms with Crippen molar-refractivity contribution >= 4 is 23.2 Å². The van der Waals surface area contributed by atoms with E-state index in [9.17, 15) is 9.59 Å². The van der Waals surface area contributed by atoms with Crippen LogP contribution in [0.4, 0.5) is 11.4 Å². The summed E-state index contributed by atoms with van der Waals surface area (Å²) < 4.78 is 5.36. The number of hydrogen-bond donors (Lipinski definition) is 1. The Morgan fingerprint density at radius 3 is 2.87 bits per heavy atom. The van der Waals surface area contributed by atoms with Gasteiger partial charge < -0.3 is 14.6 Å². The first-order valence-electron chi connectivity index (χ1n) is 7.64. The zero-order valence-electron chi connectivity index (χ0n) is 13.4. The van der Waals surface area contributed by atoms with Gasteiger partial charge in [0.15, 0.2) is 12.1 Å². The van der Waals surface area contributed by atoms with E-state index in [1.165, 1.54) is 6.39 Å². The van der Waals surface area contributed by atoms with Crippen LogP contribution >= 0.6 is 0 Å². The minimum Gasteiger partial charge on any atom is -0.447 e. The zero-order valence-corrected chi connectivity index (χ0v) is 13.4. The van der Waals surface area contributed by atoms with Crippen LogP contribution in [0.25, 0.3) is 0 Å². The molecule has 6 heteroatoms. The van der Waals surface area contributed by atoms with Crippen LogP contribution in [-0.4, -0.2) is 23.3 Å². The summed E-state index contributed by atoms with van der Waals surface area (Å²) in [6, 6.07) is 7.28. The molecule has 0 saturated carbocycles. The fourth-order valence-electron chi connectivity index (χ4n) is 2.67. The standard InChI is InChI=1S/C17H19N3O3/c1-10(2)15-14(18-9-23-15)17(22)20-8-11(3)16(21)19-12-6-4-5-7-13(12)20/h4-7,9-11H,8H2,1-3H3,(H,19,21)/t11-/m1/s1. The number of para-hydroxylation sites is 2. The van der Waals surface area contributed by atoms with Crippen LogP contribution in [0, 0.1) is 5.92 Å². The van der Waals surface area contributed by atoms with E-state index in [1.54, 1.807) is 17.9 Å². The van der Waals surface area contributed by atoms with E-state index in [2.05, 4.69) is 10.3 Å². The lowest BCUT2D eigenvalue weighted by atomic mass is 10.1. The van der Waals surface area contributed by atoms with Crippen molar-refractivity contribution in [3.63, 3.8) is 0 Å². The molecule has 1 atom stereocenters. The fraction of sp³-hybridized carbons (Fsp3) is 0.353. The van der Waals surface area contributed by atoms with Gasteiger partial charge in [-0.2, -0.15) is 0 Å². The highest BCUT2D eigenvalue weighted by molar-refractivity contribution is 6.10. The molecule has 0 bridgehead atoms. The van der Waals surface area contributed by atoms with Crippen LogP contribution in [0.1, 0.15) is 42.9 Å². The molecule has 0 unspecified atom stereocenters. The second-order valence-electron chi connectivity index (χ2n) is 6.04. The molecule has 2 aromatic rings. The number of carbonyl (C=O) groups excluding carboxylic acids is 2. The van der Waals surface area contributed by atoms with Gasteiger partial charge in [-0.15, -0.1) is 0 Å². The smallest absolute Gasteiger partial charge is 0.280 e. The van der Waals surface area contributed by atoms with Crippen molar-refractivity contribution in [1.29, 1.82) is 0 Å². The summed E-state index contributed by atoms with van der Waals surface area (Å²) in [5, 5.41) is 2.86. The van der Waals surface area contributed by atoms with Gasteiger partial charge in [0.1, 0.15) is 5.76 Å². The third-order valence-corrected chi connectivity index (χ3v) is 3.92. The Bertz CT molecular complexity index is 751. The molecule has 0 aliphatic carbocycles. The maximum absolute atomic E-state index is 13.0. The van der Waals surface area contributed by atoms with Crippen LogP contribution in [0.5, 0.6) is 0 Å². The maximum Gasteiger partial charge on any atom is 0.280 e. The third-order valence-electron chi connectivity index (χ3n) is 3.92. The molecule has 0 spiro atoms. The number of oxazole rings is 1. The number of carbonyl (C=O) groups is 2. The Kier molecular flexibility index (Phi) is 3.90. The molecule has 0 saturated heterocycles. The summed E-state index contributed by atoms with van der Waals surface area (Å²) in [7, 11) is 0. The quantitative estimate of drug-likeness (QED) is 0.924. The van der Waals surface area contributed by atoms with E-state index in [0.29, 0.717) is 29.4 Å². The van der Waals surface area contributed by atoms with Gasteiger partial charge in [-0.1, -0.05) is 32.9 Å². The molecule has 1 aliphatic rings. The summed E-state index contributed by atoms with van der Waals surface area (Å²) >= 11 is 0. The van der Waals surface area contributed by atoms with E-state index >= 15 is 0 Å². The first-order chi connectivity index (χ1) is 11.0. The number of aromatic nitrogens is 1. The molecular formula is C17H19N3O3. The second kappa shape index (κ2) is 5.87. The number of nitrogens with one attached hydrogen (secondary N) is 1. The monoisotopic (exact) mass is 313 g/mol. The Morgan fingerprint density at radius 1 is 1.39 bits per heavy atom. The predicted molar refractivity (Wildman–Crippen MR) is 86.5 cm³/mol. The molecule has 6 nitrogen and oxygen atoms in total. The predicted octanol–water partition coefficient (Wildman–Crippen LogP) is 3.03. The van der Waals surface area contributed by atoms with Crippen molar-refractivity contribution in [3.8, 4) is 0 Å². The Balaban J connectivity index is 2.05. The lowest BCUT2D eigenvalue weighted by molar-refractivity contribution is -0.119. The number of anilines is 2. The van der Waals surface area contributed by atoms with Gasteiger partial charge in [0, 0.05) is 12.5 Å². The van der Waals surface area contributed by atoms with Gasteiger partial charge in [0.05, 0.1) is 17.3 Å². The van der Waals surface area contributed by atoms with Crippen molar-refractivity contribution in [2.45, 2.75) is 26.7 Å². The van der Waals surface area contributed by atoms with Gasteiger partial charge >= 0.3 is 0 Å². The number of amides is 2. The van der Waals surface area contributed by atoms with E-state index in [4.69, 9.17) is 4.42 Å². The van der Waals surface area contributed by atoms with Gasteiger partial charge in [0.25, 0.3) is 5.91 Å². The van der Waals surface area contributed by atoms with E-state index in [0.717, 1.165) is 0 Å². The van der Waals surface area contributed by atoms with Crippen LogP contribution in [0.2, 0.25) is 0 Å². The molecule has 0 fully saturated rings. The normalized spacial score (nSPS) is 17.7. The molecule has 1 aromatic carbocycles. The fourth-order valence-corrected chi connectivity index (χ4v) is 2.67. The lowest BCUT2D eigenvalue weighted by Gasteiger charge is -2.23. The SMILES string of the molecule is CC(C)c1ocnc1C(=O)N1C[C@@H](C)C(=O)Nc2ccccc21. The van der Waals surface area contributed by atoms with E-state index in [1.807, 2.05) is 32.0 Å². The molecule has 3 rings (SSSR count). The third kappa shape index (κ3) is 2.72. The molecule has 1 aliphatic heterocycles. The first kappa shape index (κ1) is 15.3. The molecule has 1 aromatic heterocycles. The average molecular weight is 313 g/mol. The van der Waals surface area contributed by atoms with Crippen LogP contribution in [-0.2, 0) is 4.79 Å². The highest BCUT2D eigenvalue weighted by Gasteiger charge is 2.32. The first-order valence-corrected chi connectivity index (χ1v) is 7.64. The number of nitrogens with zero attached hydrogens (tertiary/aromatic N) is 2. The Morgan fingerprint density at radius 2 is 2.13 bits per heavy atom. The molecular weight excluding hydrogens is 294 g/mol. The van der Waals surface area contributed by atoms with Crippen LogP contribution in [0.15, 0.2) is 35.1 Å². The molecule has 2 heterocycles. The zero-order chi connectivity index (χ0) is 16.6. The summed E-state index contributed by atoms with van der Waals surface area (Å²) in [5.41, 5.74) is 1.61. The lowest BCUT2D eigenvalue weighted by Crippen LogP contribution is -2.36. The van der Waals surface area contributed by atoms with Crippen molar-refractivity contribution < 1.29 is 14.0 Å². The van der Waals surface area contributed by atoms with Crippen molar-refractivity contribution in [2.24, 2.45) is 5.92 Å². The maximum atomic E-state index is 13.0. The summed E-state index contributed by atoms with van der Waals surface area (Å²) in [4.78, 5) is 30.8. The van der Waals surface area contributed by atoms with Crippen LogP contribution in [0.3, 0.4) is 0 Å². The molecule has 0 radical (unpaired) electrons. The van der Waals surface area contributed by atoms with Gasteiger partial charge in [-0.3, -0.25) is 9.59 Å². The van der Waals surface area contributed by atoms with Gasteiger partial charge in [-0.05, 0) is 12.1 Å². The van der Waals surface area contributed by atoms with Crippen molar-refractivity contribution in [3.05, 3.63) is 42.1 Å². The van der Waals surface area contributed by atoms with Gasteiger partial charge in [0.2, 0.25) is 5.91 Å². The Hall–Kier alpha value is -2.63. The van der Waals surface area contributed by atoms with E-state index < -0.39 is 0 Å². The molecule has 1 N–H and O–H groups in total. The minimum absolute atomic E-state index is 0.0517. The number of hydrogen-bond acceptors (Lipinski definition) is 4. The number of benzene rings is 1. The highest BCUT2D eigenvalue weighted by atomic mass is 16.3. The highest BCUT2D eigenvalue weighted by Crippen LogP contribution is 2.32. The second-order valence-corrected chi connectivity index (χ2v) is 6.04. The van der Waals surface area contributed by atoms with Crippen molar-refractivity contribution in [1.82, 2.24) is 4.98 Å². The summed E-state index contributed by atoms with van der Waals surface area (Å²) in [5.74, 6) is -0.0597.